The highest BCUT2D eigenvalue weighted by Crippen LogP contribution is 2.29. The Morgan fingerprint density at radius 3 is 2.55 bits per heavy atom. The van der Waals surface area contributed by atoms with E-state index in [0.717, 1.165) is 5.56 Å². The Labute approximate surface area is 173 Å². The summed E-state index contributed by atoms with van der Waals surface area (Å²) in [6.07, 6.45) is 5.16. The third-order valence-electron chi connectivity index (χ3n) is 4.65. The molecule has 1 N–H and O–H groups in total. The number of nitrogens with one attached hydrogen (secondary N) is 1. The molecular weight excluding hydrogens is 386 g/mol. The molecule has 0 saturated carbocycles. The SMILES string of the molecule is C=CCn1c(S[C@@H](C)C(=O)c2[nH]c(C)c(C(C)=O)c2C)nnc1-c1ccncc1. The number of aryl methyl sites for hydroxylation is 1. The molecule has 0 aliphatic heterocycles. The van der Waals surface area contributed by atoms with Crippen LogP contribution in [0.4, 0.5) is 0 Å². The summed E-state index contributed by atoms with van der Waals surface area (Å²) in [5.41, 5.74) is 3.35. The second kappa shape index (κ2) is 8.57. The van der Waals surface area contributed by atoms with Crippen LogP contribution in [0.2, 0.25) is 0 Å². The lowest BCUT2D eigenvalue weighted by Gasteiger charge is -2.12. The number of carbonyl (C=O) groups excluding carboxylic acids is 2. The van der Waals surface area contributed by atoms with Crippen LogP contribution >= 0.6 is 11.8 Å². The minimum absolute atomic E-state index is 0.0525. The number of carbonyl (C=O) groups is 2. The van der Waals surface area contributed by atoms with Gasteiger partial charge in [0.25, 0.3) is 0 Å². The van der Waals surface area contributed by atoms with Gasteiger partial charge in [0.05, 0.1) is 10.9 Å². The summed E-state index contributed by atoms with van der Waals surface area (Å²) in [5, 5.41) is 8.81. The van der Waals surface area contributed by atoms with Crippen LogP contribution in [-0.4, -0.2) is 41.5 Å². The van der Waals surface area contributed by atoms with Gasteiger partial charge in [-0.1, -0.05) is 17.8 Å². The number of Topliss-reactive ketones (excluding diaryl/α,β-unsaturated/α-hetero) is 2. The molecule has 0 spiro atoms. The number of pyridine rings is 1. The second-order valence-corrected chi connectivity index (χ2v) is 8.05. The van der Waals surface area contributed by atoms with Crippen LogP contribution in [0.5, 0.6) is 0 Å². The molecule has 29 heavy (non-hydrogen) atoms. The molecule has 3 aromatic rings. The highest BCUT2D eigenvalue weighted by Gasteiger charge is 2.26. The van der Waals surface area contributed by atoms with Gasteiger partial charge in [-0.2, -0.15) is 0 Å². The molecular formula is C21H23N5O2S. The van der Waals surface area contributed by atoms with Gasteiger partial charge in [-0.15, -0.1) is 16.8 Å². The summed E-state index contributed by atoms with van der Waals surface area (Å²) in [4.78, 5) is 32.0. The molecule has 3 aromatic heterocycles. The molecule has 150 valence electrons. The largest absolute Gasteiger partial charge is 0.355 e. The summed E-state index contributed by atoms with van der Waals surface area (Å²) in [6.45, 7) is 11.3. The molecule has 0 radical (unpaired) electrons. The summed E-state index contributed by atoms with van der Waals surface area (Å²) in [6, 6.07) is 3.72. The van der Waals surface area contributed by atoms with Crippen LogP contribution in [0.15, 0.2) is 42.3 Å². The van der Waals surface area contributed by atoms with Gasteiger partial charge in [0.2, 0.25) is 0 Å². The minimum Gasteiger partial charge on any atom is -0.355 e. The van der Waals surface area contributed by atoms with Gasteiger partial charge in [-0.05, 0) is 45.4 Å². The number of hydrogen-bond acceptors (Lipinski definition) is 6. The molecule has 0 aromatic carbocycles. The number of nitrogens with zero attached hydrogens (tertiary/aromatic N) is 4. The van der Waals surface area contributed by atoms with Gasteiger partial charge in [0.15, 0.2) is 22.5 Å². The van der Waals surface area contributed by atoms with E-state index in [1.54, 1.807) is 32.3 Å². The number of allylic oxidation sites excluding steroid dienone is 1. The van der Waals surface area contributed by atoms with Gasteiger partial charge in [0.1, 0.15) is 0 Å². The fourth-order valence-corrected chi connectivity index (χ4v) is 4.24. The minimum atomic E-state index is -0.412. The lowest BCUT2D eigenvalue weighted by Crippen LogP contribution is -2.16. The van der Waals surface area contributed by atoms with E-state index in [-0.39, 0.29) is 11.6 Å². The van der Waals surface area contributed by atoms with Crippen molar-refractivity contribution in [2.24, 2.45) is 0 Å². The van der Waals surface area contributed by atoms with E-state index in [9.17, 15) is 9.59 Å². The van der Waals surface area contributed by atoms with Crippen molar-refractivity contribution in [3.8, 4) is 11.4 Å². The van der Waals surface area contributed by atoms with Crippen molar-refractivity contribution in [1.82, 2.24) is 24.7 Å². The van der Waals surface area contributed by atoms with Gasteiger partial charge >= 0.3 is 0 Å². The number of rotatable bonds is 8. The van der Waals surface area contributed by atoms with Crippen LogP contribution in [-0.2, 0) is 6.54 Å². The van der Waals surface area contributed by atoms with Gasteiger partial charge < -0.3 is 4.98 Å². The van der Waals surface area contributed by atoms with Gasteiger partial charge in [-0.25, -0.2) is 0 Å². The van der Waals surface area contributed by atoms with E-state index >= 15 is 0 Å². The Kier molecular flexibility index (Phi) is 6.12. The van der Waals surface area contributed by atoms with Crippen molar-refractivity contribution in [3.05, 3.63) is 59.7 Å². The highest BCUT2D eigenvalue weighted by atomic mass is 32.2. The van der Waals surface area contributed by atoms with Crippen LogP contribution in [0.1, 0.15) is 46.0 Å². The van der Waals surface area contributed by atoms with Crippen molar-refractivity contribution in [1.29, 1.82) is 0 Å². The molecule has 0 amide bonds. The van der Waals surface area contributed by atoms with Crippen LogP contribution in [0.3, 0.4) is 0 Å². The molecule has 8 heteroatoms. The zero-order valence-electron chi connectivity index (χ0n) is 16.9. The van der Waals surface area contributed by atoms with Crippen molar-refractivity contribution >= 4 is 23.3 Å². The van der Waals surface area contributed by atoms with Gasteiger partial charge in [0, 0.05) is 35.8 Å². The Morgan fingerprint density at radius 1 is 1.28 bits per heavy atom. The predicted octanol–water partition coefficient (Wildman–Crippen LogP) is 4.04. The monoisotopic (exact) mass is 409 g/mol. The van der Waals surface area contributed by atoms with E-state index < -0.39 is 5.25 Å². The number of ketones is 2. The molecule has 0 aliphatic rings. The first-order valence-electron chi connectivity index (χ1n) is 9.20. The fraction of sp³-hybridized carbons (Fsp3) is 0.286. The zero-order valence-corrected chi connectivity index (χ0v) is 17.7. The van der Waals surface area contributed by atoms with E-state index in [2.05, 4.69) is 26.7 Å². The zero-order chi connectivity index (χ0) is 21.1. The summed E-state index contributed by atoms with van der Waals surface area (Å²) >= 11 is 1.33. The van der Waals surface area contributed by atoms with E-state index in [0.29, 0.717) is 40.0 Å². The van der Waals surface area contributed by atoms with E-state index in [1.807, 2.05) is 23.6 Å². The summed E-state index contributed by atoms with van der Waals surface area (Å²) in [7, 11) is 0. The fourth-order valence-electron chi connectivity index (χ4n) is 3.32. The maximum atomic E-state index is 13.1. The van der Waals surface area contributed by atoms with Crippen LogP contribution < -0.4 is 0 Å². The highest BCUT2D eigenvalue weighted by molar-refractivity contribution is 8.00. The normalized spacial score (nSPS) is 12.0. The second-order valence-electron chi connectivity index (χ2n) is 6.75. The third-order valence-corrected chi connectivity index (χ3v) is 5.73. The maximum Gasteiger partial charge on any atom is 0.192 e. The molecule has 7 nitrogen and oxygen atoms in total. The number of aromatic amines is 1. The molecule has 0 saturated heterocycles. The molecule has 0 bridgehead atoms. The van der Waals surface area contributed by atoms with Crippen LogP contribution in [0, 0.1) is 13.8 Å². The molecule has 3 rings (SSSR count). The van der Waals surface area contributed by atoms with Crippen LogP contribution in [0.25, 0.3) is 11.4 Å². The lowest BCUT2D eigenvalue weighted by atomic mass is 10.0. The molecule has 1 atom stereocenters. The smallest absolute Gasteiger partial charge is 0.192 e. The number of aromatic nitrogens is 5. The number of hydrogen-bond donors (Lipinski definition) is 1. The van der Waals surface area contributed by atoms with Gasteiger partial charge in [-0.3, -0.25) is 19.1 Å². The Morgan fingerprint density at radius 2 is 1.97 bits per heavy atom. The average Bonchev–Trinajstić information content (AvgIpc) is 3.22. The van der Waals surface area contributed by atoms with E-state index in [4.69, 9.17) is 0 Å². The topological polar surface area (TPSA) is 93.5 Å². The number of thioether (sulfide) groups is 1. The standard InChI is InChI=1S/C21H23N5O2S/c1-6-11-26-20(16-7-9-22-10-8-16)24-25-21(26)29-15(5)19(28)18-12(2)17(14(4)27)13(3)23-18/h6-10,15,23H,1,11H2,2-5H3/t15-/m0/s1. The van der Waals surface area contributed by atoms with Crippen molar-refractivity contribution in [2.75, 3.05) is 0 Å². The maximum absolute atomic E-state index is 13.1. The summed E-state index contributed by atoms with van der Waals surface area (Å²) < 4.78 is 1.92. The molecule has 3 heterocycles. The number of H-pyrrole nitrogens is 1. The van der Waals surface area contributed by atoms with Crippen molar-refractivity contribution in [3.63, 3.8) is 0 Å². The Balaban J connectivity index is 1.89. The summed E-state index contributed by atoms with van der Waals surface area (Å²) in [5.74, 6) is 0.560. The Bertz CT molecular complexity index is 1070. The Hall–Kier alpha value is -3.00. The predicted molar refractivity (Wildman–Crippen MR) is 113 cm³/mol. The molecule has 0 fully saturated rings. The van der Waals surface area contributed by atoms with Crippen molar-refractivity contribution in [2.45, 2.75) is 44.6 Å². The first kappa shape index (κ1) is 20.7. The first-order chi connectivity index (χ1) is 13.8. The van der Waals surface area contributed by atoms with Crippen molar-refractivity contribution < 1.29 is 9.59 Å². The van der Waals surface area contributed by atoms with E-state index in [1.165, 1.54) is 18.7 Å². The lowest BCUT2D eigenvalue weighted by molar-refractivity contribution is 0.0988. The third kappa shape index (κ3) is 4.07. The molecule has 0 unspecified atom stereocenters. The molecule has 0 aliphatic carbocycles. The quantitative estimate of drug-likeness (QED) is 0.343. The first-order valence-corrected chi connectivity index (χ1v) is 10.1. The average molecular weight is 410 g/mol.